The molecule has 0 spiro atoms. The molecule has 0 atom stereocenters. The number of nitrogens with zero attached hydrogens (tertiary/aromatic N) is 1. The van der Waals surface area contributed by atoms with Crippen LogP contribution in [0.4, 0.5) is 0 Å². The average molecular weight is 409 g/mol. The summed E-state index contributed by atoms with van der Waals surface area (Å²) in [5, 5.41) is 10.9. The minimum Gasteiger partial charge on any atom is -0.477 e. The van der Waals surface area contributed by atoms with Gasteiger partial charge in [0.15, 0.2) is 11.5 Å². The monoisotopic (exact) mass is 409 g/mol. The van der Waals surface area contributed by atoms with Crippen molar-refractivity contribution in [2.75, 3.05) is 6.79 Å². The standard InChI is InChI=1S/C18H19NO6S2/c20-18(21)17-16(7-8-26-17)27(22,23)19(13-3-1-2-4-13)10-12-5-6-14-15(9-12)25-11-24-14/h5-9,13H,1-4,10-11H2,(H,20,21). The molecule has 2 aromatic rings. The third-order valence-electron chi connectivity index (χ3n) is 4.92. The van der Waals surface area contributed by atoms with Gasteiger partial charge in [-0.3, -0.25) is 0 Å². The number of fused-ring (bicyclic) bond motifs is 1. The quantitative estimate of drug-likeness (QED) is 0.787. The van der Waals surface area contributed by atoms with Crippen molar-refractivity contribution in [2.45, 2.75) is 43.2 Å². The normalized spacial score (nSPS) is 16.9. The van der Waals surface area contributed by atoms with Crippen LogP contribution in [0.2, 0.25) is 0 Å². The van der Waals surface area contributed by atoms with Crippen LogP contribution in [0.5, 0.6) is 11.5 Å². The van der Waals surface area contributed by atoms with Gasteiger partial charge in [-0.1, -0.05) is 18.9 Å². The lowest BCUT2D eigenvalue weighted by Gasteiger charge is -2.28. The number of rotatable bonds is 6. The summed E-state index contributed by atoms with van der Waals surface area (Å²) in [5.74, 6) is 0.0103. The van der Waals surface area contributed by atoms with Crippen molar-refractivity contribution >= 4 is 27.3 Å². The van der Waals surface area contributed by atoms with E-state index in [2.05, 4.69) is 0 Å². The Morgan fingerprint density at radius 2 is 1.93 bits per heavy atom. The Kier molecular flexibility index (Phi) is 4.83. The molecule has 1 aliphatic heterocycles. The van der Waals surface area contributed by atoms with E-state index in [0.717, 1.165) is 42.6 Å². The number of benzene rings is 1. The predicted molar refractivity (Wildman–Crippen MR) is 98.8 cm³/mol. The third kappa shape index (κ3) is 3.42. The zero-order valence-electron chi connectivity index (χ0n) is 14.5. The van der Waals surface area contributed by atoms with E-state index in [1.54, 1.807) is 12.1 Å². The lowest BCUT2D eigenvalue weighted by molar-refractivity contribution is 0.0698. The second-order valence-corrected chi connectivity index (χ2v) is 9.37. The number of ether oxygens (including phenoxy) is 2. The van der Waals surface area contributed by atoms with Crippen molar-refractivity contribution < 1.29 is 27.8 Å². The molecule has 0 radical (unpaired) electrons. The van der Waals surface area contributed by atoms with Crippen molar-refractivity contribution in [3.05, 3.63) is 40.1 Å². The van der Waals surface area contributed by atoms with Gasteiger partial charge < -0.3 is 14.6 Å². The minimum absolute atomic E-state index is 0.132. The molecule has 0 amide bonds. The summed E-state index contributed by atoms with van der Waals surface area (Å²) >= 11 is 0.925. The molecule has 1 aliphatic carbocycles. The molecule has 1 aromatic heterocycles. The Bertz CT molecular complexity index is 962. The summed E-state index contributed by atoms with van der Waals surface area (Å²) in [4.78, 5) is 11.2. The molecular formula is C18H19NO6S2. The van der Waals surface area contributed by atoms with Crippen LogP contribution in [0.25, 0.3) is 0 Å². The third-order valence-corrected chi connectivity index (χ3v) is 7.89. The molecule has 0 unspecified atom stereocenters. The number of thiophene rings is 1. The summed E-state index contributed by atoms with van der Waals surface area (Å²) in [6.45, 7) is 0.318. The first-order valence-electron chi connectivity index (χ1n) is 8.68. The van der Waals surface area contributed by atoms with E-state index in [-0.39, 0.29) is 29.2 Å². The van der Waals surface area contributed by atoms with Gasteiger partial charge in [-0.25, -0.2) is 13.2 Å². The van der Waals surface area contributed by atoms with Crippen LogP contribution in [0, 0.1) is 0 Å². The van der Waals surface area contributed by atoms with E-state index < -0.39 is 16.0 Å². The molecule has 4 rings (SSSR count). The van der Waals surface area contributed by atoms with Crippen molar-refractivity contribution in [3.8, 4) is 11.5 Å². The van der Waals surface area contributed by atoms with Crippen LogP contribution in [0.1, 0.15) is 40.9 Å². The van der Waals surface area contributed by atoms with Crippen molar-refractivity contribution in [3.63, 3.8) is 0 Å². The largest absolute Gasteiger partial charge is 0.477 e. The molecule has 9 heteroatoms. The molecule has 1 aromatic carbocycles. The van der Waals surface area contributed by atoms with E-state index in [4.69, 9.17) is 9.47 Å². The van der Waals surface area contributed by atoms with Gasteiger partial charge in [0, 0.05) is 12.6 Å². The molecule has 144 valence electrons. The van der Waals surface area contributed by atoms with E-state index in [0.29, 0.717) is 11.5 Å². The number of hydrogen-bond acceptors (Lipinski definition) is 6. The fourth-order valence-corrected chi connectivity index (χ4v) is 6.51. The second-order valence-electron chi connectivity index (χ2n) is 6.60. The molecule has 7 nitrogen and oxygen atoms in total. The smallest absolute Gasteiger partial charge is 0.347 e. The van der Waals surface area contributed by atoms with Crippen LogP contribution >= 0.6 is 11.3 Å². The minimum atomic E-state index is -3.94. The first-order chi connectivity index (χ1) is 13.0. The Labute approximate surface area is 161 Å². The van der Waals surface area contributed by atoms with E-state index >= 15 is 0 Å². The van der Waals surface area contributed by atoms with Gasteiger partial charge >= 0.3 is 5.97 Å². The topological polar surface area (TPSA) is 93.1 Å². The molecule has 1 N–H and O–H groups in total. The maximum absolute atomic E-state index is 13.4. The molecule has 2 heterocycles. The Morgan fingerprint density at radius 3 is 2.67 bits per heavy atom. The zero-order chi connectivity index (χ0) is 19.0. The van der Waals surface area contributed by atoms with Crippen molar-refractivity contribution in [1.29, 1.82) is 0 Å². The van der Waals surface area contributed by atoms with E-state index in [1.165, 1.54) is 15.8 Å². The highest BCUT2D eigenvalue weighted by atomic mass is 32.2. The summed E-state index contributed by atoms with van der Waals surface area (Å²) in [7, 11) is -3.94. The summed E-state index contributed by atoms with van der Waals surface area (Å²) in [5.41, 5.74) is 0.779. The van der Waals surface area contributed by atoms with E-state index in [9.17, 15) is 18.3 Å². The molecule has 0 bridgehead atoms. The molecule has 2 aliphatic rings. The Hall–Kier alpha value is -2.10. The predicted octanol–water partition coefficient (Wildman–Crippen LogP) is 3.31. The Morgan fingerprint density at radius 1 is 1.19 bits per heavy atom. The Balaban J connectivity index is 1.70. The average Bonchev–Trinajstić information content (AvgIpc) is 3.40. The number of carboxylic acid groups (broad SMARTS) is 1. The molecule has 27 heavy (non-hydrogen) atoms. The van der Waals surface area contributed by atoms with Gasteiger partial charge in [-0.05, 0) is 42.0 Å². The molecule has 1 saturated carbocycles. The molecule has 1 fully saturated rings. The number of hydrogen-bond donors (Lipinski definition) is 1. The summed E-state index contributed by atoms with van der Waals surface area (Å²) < 4.78 is 38.9. The highest BCUT2D eigenvalue weighted by Gasteiger charge is 2.36. The SMILES string of the molecule is O=C(O)c1sccc1S(=O)(=O)N(Cc1ccc2c(c1)OCO2)C1CCCC1. The van der Waals surface area contributed by atoms with Crippen LogP contribution < -0.4 is 9.47 Å². The first kappa shape index (κ1) is 18.3. The summed E-state index contributed by atoms with van der Waals surface area (Å²) in [6, 6.07) is 6.61. The summed E-state index contributed by atoms with van der Waals surface area (Å²) in [6.07, 6.45) is 3.48. The van der Waals surface area contributed by atoms with Gasteiger partial charge in [0.1, 0.15) is 9.77 Å². The van der Waals surface area contributed by atoms with Crippen LogP contribution in [0.3, 0.4) is 0 Å². The lowest BCUT2D eigenvalue weighted by Crippen LogP contribution is -2.38. The van der Waals surface area contributed by atoms with Crippen LogP contribution in [-0.2, 0) is 16.6 Å². The molecule has 0 saturated heterocycles. The fourth-order valence-electron chi connectivity index (χ4n) is 3.60. The first-order valence-corrected chi connectivity index (χ1v) is 11.0. The number of carboxylic acids is 1. The van der Waals surface area contributed by atoms with Crippen LogP contribution in [0.15, 0.2) is 34.5 Å². The second kappa shape index (κ2) is 7.14. The van der Waals surface area contributed by atoms with Gasteiger partial charge in [0.25, 0.3) is 0 Å². The van der Waals surface area contributed by atoms with Gasteiger partial charge in [0.05, 0.1) is 0 Å². The van der Waals surface area contributed by atoms with Crippen LogP contribution in [-0.4, -0.2) is 36.6 Å². The highest BCUT2D eigenvalue weighted by molar-refractivity contribution is 7.89. The highest BCUT2D eigenvalue weighted by Crippen LogP contribution is 2.36. The number of carbonyl (C=O) groups is 1. The van der Waals surface area contributed by atoms with Gasteiger partial charge in [-0.15, -0.1) is 11.3 Å². The maximum atomic E-state index is 13.4. The van der Waals surface area contributed by atoms with Gasteiger partial charge in [0.2, 0.25) is 16.8 Å². The molecular weight excluding hydrogens is 390 g/mol. The van der Waals surface area contributed by atoms with Gasteiger partial charge in [-0.2, -0.15) is 4.31 Å². The number of sulfonamides is 1. The fraction of sp³-hybridized carbons (Fsp3) is 0.389. The van der Waals surface area contributed by atoms with Crippen molar-refractivity contribution in [2.24, 2.45) is 0 Å². The number of aromatic carboxylic acids is 1. The van der Waals surface area contributed by atoms with Crippen molar-refractivity contribution in [1.82, 2.24) is 4.31 Å². The lowest BCUT2D eigenvalue weighted by atomic mass is 10.1. The van der Waals surface area contributed by atoms with E-state index in [1.807, 2.05) is 6.07 Å². The maximum Gasteiger partial charge on any atom is 0.347 e. The zero-order valence-corrected chi connectivity index (χ0v) is 16.1.